The zero-order valence-corrected chi connectivity index (χ0v) is 23.2. The Morgan fingerprint density at radius 1 is 1.18 bits per heavy atom. The standard InChI is InChI=1S/C30H39FN4O4/c1-20-6-10-22(11-7-20)24-16-34(4)28(38)30(24)14-5-15-35(19-30)26(36)25(33-27(37)29(2,3)32)18-39-17-21-8-12-23(31)13-9-21/h6-13,24-25H,5,14-19,32H2,1-4H3,(H,33,37)/t24?,25-,30?/m1/s1. The number of hydrogen-bond donors (Lipinski definition) is 2. The van der Waals surface area contributed by atoms with Gasteiger partial charge in [0.25, 0.3) is 0 Å². The van der Waals surface area contributed by atoms with Crippen LogP contribution in [-0.2, 0) is 25.7 Å². The van der Waals surface area contributed by atoms with Crippen molar-refractivity contribution in [3.05, 3.63) is 71.0 Å². The number of nitrogens with two attached hydrogens (primary N) is 1. The number of carbonyl (C=O) groups excluding carboxylic acids is 3. The number of carbonyl (C=O) groups is 3. The Bertz CT molecular complexity index is 1190. The summed E-state index contributed by atoms with van der Waals surface area (Å²) in [4.78, 5) is 43.7. The molecular formula is C30H39FN4O4. The highest BCUT2D eigenvalue weighted by Gasteiger charge is 2.55. The summed E-state index contributed by atoms with van der Waals surface area (Å²) < 4.78 is 19.1. The third-order valence-corrected chi connectivity index (χ3v) is 7.87. The van der Waals surface area contributed by atoms with Crippen LogP contribution in [0, 0.1) is 18.2 Å². The summed E-state index contributed by atoms with van der Waals surface area (Å²) in [6.45, 7) is 6.56. The molecular weight excluding hydrogens is 499 g/mol. The number of nitrogens with one attached hydrogen (secondary N) is 1. The van der Waals surface area contributed by atoms with E-state index in [0.29, 0.717) is 25.9 Å². The molecule has 2 heterocycles. The highest BCUT2D eigenvalue weighted by Crippen LogP contribution is 2.49. The molecule has 2 saturated heterocycles. The summed E-state index contributed by atoms with van der Waals surface area (Å²) in [5.74, 6) is -1.14. The van der Waals surface area contributed by atoms with E-state index in [1.54, 1.807) is 35.8 Å². The van der Waals surface area contributed by atoms with Gasteiger partial charge in [0.05, 0.1) is 24.2 Å². The van der Waals surface area contributed by atoms with Crippen LogP contribution in [0.3, 0.4) is 0 Å². The number of benzene rings is 2. The maximum Gasteiger partial charge on any atom is 0.247 e. The summed E-state index contributed by atoms with van der Waals surface area (Å²) in [5.41, 5.74) is 7.05. The summed E-state index contributed by atoms with van der Waals surface area (Å²) in [5, 5.41) is 2.76. The van der Waals surface area contributed by atoms with E-state index in [2.05, 4.69) is 29.6 Å². The van der Waals surface area contributed by atoms with Crippen molar-refractivity contribution >= 4 is 17.7 Å². The lowest BCUT2D eigenvalue weighted by Crippen LogP contribution is -2.60. The van der Waals surface area contributed by atoms with Gasteiger partial charge in [0.2, 0.25) is 17.7 Å². The lowest BCUT2D eigenvalue weighted by molar-refractivity contribution is -0.147. The van der Waals surface area contributed by atoms with Crippen molar-refractivity contribution in [1.29, 1.82) is 0 Å². The van der Waals surface area contributed by atoms with Crippen molar-refractivity contribution < 1.29 is 23.5 Å². The third kappa shape index (κ3) is 6.31. The first-order chi connectivity index (χ1) is 18.4. The van der Waals surface area contributed by atoms with Gasteiger partial charge in [-0.15, -0.1) is 0 Å². The predicted octanol–water partition coefficient (Wildman–Crippen LogP) is 2.74. The number of ether oxygens (including phenoxy) is 1. The van der Waals surface area contributed by atoms with Gasteiger partial charge in [-0.3, -0.25) is 14.4 Å². The second-order valence-electron chi connectivity index (χ2n) is 11.6. The van der Waals surface area contributed by atoms with Crippen molar-refractivity contribution in [3.63, 3.8) is 0 Å². The first-order valence-corrected chi connectivity index (χ1v) is 13.4. The molecule has 0 saturated carbocycles. The molecule has 1 spiro atoms. The van der Waals surface area contributed by atoms with Gasteiger partial charge in [-0.1, -0.05) is 42.0 Å². The SMILES string of the molecule is Cc1ccc(C2CN(C)C(=O)C23CCCN(C(=O)[C@@H](COCc2ccc(F)cc2)NC(=O)C(C)(C)N)C3)cc1. The largest absolute Gasteiger partial charge is 0.374 e. The second kappa shape index (κ2) is 11.4. The van der Waals surface area contributed by atoms with Crippen molar-refractivity contribution in [2.45, 2.75) is 57.7 Å². The molecule has 9 heteroatoms. The minimum Gasteiger partial charge on any atom is -0.374 e. The van der Waals surface area contributed by atoms with Crippen molar-refractivity contribution in [2.24, 2.45) is 11.1 Å². The maximum absolute atomic E-state index is 13.9. The molecule has 8 nitrogen and oxygen atoms in total. The fourth-order valence-corrected chi connectivity index (χ4v) is 5.63. The molecule has 4 rings (SSSR count). The summed E-state index contributed by atoms with van der Waals surface area (Å²) in [7, 11) is 1.81. The molecule has 0 bridgehead atoms. The smallest absolute Gasteiger partial charge is 0.247 e. The van der Waals surface area contributed by atoms with Crippen LogP contribution >= 0.6 is 0 Å². The number of amides is 3. The molecule has 2 aliphatic heterocycles. The Labute approximate surface area is 229 Å². The molecule has 3 N–H and O–H groups in total. The normalized spacial score (nSPS) is 22.3. The van der Waals surface area contributed by atoms with Gasteiger partial charge in [0.15, 0.2) is 0 Å². The number of aryl methyl sites for hydroxylation is 1. The lowest BCUT2D eigenvalue weighted by atomic mass is 9.69. The van der Waals surface area contributed by atoms with Crippen LogP contribution in [0.1, 0.15) is 49.3 Å². The van der Waals surface area contributed by atoms with Gasteiger partial charge in [0.1, 0.15) is 11.9 Å². The Kier molecular flexibility index (Phi) is 8.42. The quantitative estimate of drug-likeness (QED) is 0.538. The van der Waals surface area contributed by atoms with Crippen LogP contribution in [0.25, 0.3) is 0 Å². The molecule has 0 aliphatic carbocycles. The minimum absolute atomic E-state index is 0.0433. The zero-order chi connectivity index (χ0) is 28.4. The van der Waals surface area contributed by atoms with Crippen LogP contribution in [0.4, 0.5) is 4.39 Å². The molecule has 210 valence electrons. The number of rotatable bonds is 8. The highest BCUT2D eigenvalue weighted by molar-refractivity contribution is 5.92. The number of halogens is 1. The number of likely N-dealkylation sites (N-methyl/N-ethyl adjacent to an activating group) is 1. The van der Waals surface area contributed by atoms with Crippen molar-refractivity contribution in [3.8, 4) is 0 Å². The first-order valence-electron chi connectivity index (χ1n) is 13.4. The van der Waals surface area contributed by atoms with Gasteiger partial charge < -0.3 is 25.6 Å². The van der Waals surface area contributed by atoms with Gasteiger partial charge in [-0.25, -0.2) is 4.39 Å². The Balaban J connectivity index is 1.54. The Morgan fingerprint density at radius 2 is 1.85 bits per heavy atom. The van der Waals surface area contributed by atoms with E-state index >= 15 is 0 Å². The average Bonchev–Trinajstić information content (AvgIpc) is 3.13. The third-order valence-electron chi connectivity index (χ3n) is 7.87. The van der Waals surface area contributed by atoms with Crippen LogP contribution in [0.15, 0.2) is 48.5 Å². The Morgan fingerprint density at radius 3 is 2.49 bits per heavy atom. The molecule has 0 radical (unpaired) electrons. The van der Waals surface area contributed by atoms with E-state index in [0.717, 1.165) is 16.7 Å². The van der Waals surface area contributed by atoms with Gasteiger partial charge >= 0.3 is 0 Å². The predicted molar refractivity (Wildman–Crippen MR) is 146 cm³/mol. The van der Waals surface area contributed by atoms with Crippen LogP contribution < -0.4 is 11.1 Å². The molecule has 3 amide bonds. The molecule has 2 aromatic carbocycles. The molecule has 3 atom stereocenters. The van der Waals surface area contributed by atoms with Gasteiger partial charge in [-0.2, -0.15) is 0 Å². The monoisotopic (exact) mass is 538 g/mol. The van der Waals surface area contributed by atoms with E-state index in [1.165, 1.54) is 12.1 Å². The molecule has 39 heavy (non-hydrogen) atoms. The van der Waals surface area contributed by atoms with E-state index in [9.17, 15) is 18.8 Å². The maximum atomic E-state index is 13.9. The van der Waals surface area contributed by atoms with Gasteiger partial charge in [-0.05, 0) is 56.9 Å². The number of likely N-dealkylation sites (tertiary alicyclic amines) is 2. The Hall–Kier alpha value is -3.30. The van der Waals surface area contributed by atoms with Crippen LogP contribution in [0.5, 0.6) is 0 Å². The van der Waals surface area contributed by atoms with Crippen molar-refractivity contribution in [1.82, 2.24) is 15.1 Å². The molecule has 0 aromatic heterocycles. The second-order valence-corrected chi connectivity index (χ2v) is 11.6. The summed E-state index contributed by atoms with van der Waals surface area (Å²) >= 11 is 0. The number of hydrogen-bond acceptors (Lipinski definition) is 5. The number of nitrogens with zero attached hydrogens (tertiary/aromatic N) is 2. The van der Waals surface area contributed by atoms with E-state index < -0.39 is 22.9 Å². The number of piperidine rings is 1. The molecule has 2 unspecified atom stereocenters. The fraction of sp³-hybridized carbons (Fsp3) is 0.500. The fourth-order valence-electron chi connectivity index (χ4n) is 5.63. The van der Waals surface area contributed by atoms with Crippen molar-refractivity contribution in [2.75, 3.05) is 33.3 Å². The van der Waals surface area contributed by atoms with E-state index in [4.69, 9.17) is 10.5 Å². The molecule has 2 aromatic rings. The van der Waals surface area contributed by atoms with Gasteiger partial charge in [0, 0.05) is 32.6 Å². The first kappa shape index (κ1) is 28.7. The zero-order valence-electron chi connectivity index (χ0n) is 23.2. The summed E-state index contributed by atoms with van der Waals surface area (Å²) in [6, 6.07) is 13.2. The summed E-state index contributed by atoms with van der Waals surface area (Å²) in [6.07, 6.45) is 1.36. The average molecular weight is 539 g/mol. The van der Waals surface area contributed by atoms with E-state index in [1.807, 2.05) is 14.0 Å². The van der Waals surface area contributed by atoms with Crippen LogP contribution in [-0.4, -0.2) is 72.4 Å². The van der Waals surface area contributed by atoms with E-state index in [-0.39, 0.29) is 43.3 Å². The molecule has 2 fully saturated rings. The molecule has 2 aliphatic rings. The highest BCUT2D eigenvalue weighted by atomic mass is 19.1. The lowest BCUT2D eigenvalue weighted by Gasteiger charge is -2.43. The van der Waals surface area contributed by atoms with Crippen LogP contribution in [0.2, 0.25) is 0 Å². The topological polar surface area (TPSA) is 105 Å². The minimum atomic E-state index is -1.20.